The summed E-state index contributed by atoms with van der Waals surface area (Å²) >= 11 is 0. The molecule has 4 N–H and O–H groups in total. The Labute approximate surface area is 320 Å². The van der Waals surface area contributed by atoms with E-state index in [4.69, 9.17) is 19.6 Å². The van der Waals surface area contributed by atoms with E-state index in [1.165, 1.54) is 35.6 Å². The molecule has 4 atom stereocenters. The van der Waals surface area contributed by atoms with Crippen LogP contribution in [0.1, 0.15) is 80.5 Å². The number of hydrogen-bond acceptors (Lipinski definition) is 9. The molecule has 55 heavy (non-hydrogen) atoms. The van der Waals surface area contributed by atoms with Crippen molar-refractivity contribution in [3.05, 3.63) is 96.1 Å². The van der Waals surface area contributed by atoms with Gasteiger partial charge in [0.15, 0.2) is 5.58 Å². The zero-order chi connectivity index (χ0) is 38.6. The summed E-state index contributed by atoms with van der Waals surface area (Å²) in [7, 11) is 0. The van der Waals surface area contributed by atoms with Gasteiger partial charge in [-0.3, -0.25) is 14.4 Å². The fourth-order valence-corrected chi connectivity index (χ4v) is 7.39. The number of nitrogens with two attached hydrogens (primary N) is 1. The number of hydrogen-bond donors (Lipinski definition) is 3. The number of ether oxygens (including phenoxy) is 2. The number of halogens is 1. The van der Waals surface area contributed by atoms with Gasteiger partial charge in [0.2, 0.25) is 17.6 Å². The van der Waals surface area contributed by atoms with Crippen molar-refractivity contribution in [2.24, 2.45) is 11.7 Å². The number of nitrogens with zero attached hydrogens (tertiary/aromatic N) is 2. The molecule has 2 heterocycles. The van der Waals surface area contributed by atoms with E-state index in [9.17, 15) is 23.6 Å². The summed E-state index contributed by atoms with van der Waals surface area (Å²) in [6.45, 7) is 1.07. The Morgan fingerprint density at radius 3 is 2.38 bits per heavy atom. The summed E-state index contributed by atoms with van der Waals surface area (Å²) in [5.41, 5.74) is 7.69. The molecule has 12 nitrogen and oxygen atoms in total. The Morgan fingerprint density at radius 1 is 0.891 bits per heavy atom. The van der Waals surface area contributed by atoms with Crippen molar-refractivity contribution in [1.82, 2.24) is 20.5 Å². The van der Waals surface area contributed by atoms with Crippen molar-refractivity contribution in [2.75, 3.05) is 19.7 Å². The largest absolute Gasteiger partial charge is 0.434 e. The number of rotatable bonds is 17. The van der Waals surface area contributed by atoms with Crippen LogP contribution in [0.3, 0.4) is 0 Å². The Hall–Kier alpha value is -5.14. The van der Waals surface area contributed by atoms with Gasteiger partial charge >= 0.3 is 6.09 Å². The first-order valence-corrected chi connectivity index (χ1v) is 19.4. The van der Waals surface area contributed by atoms with E-state index in [1.807, 2.05) is 30.3 Å². The number of para-hydroxylation sites is 2. The summed E-state index contributed by atoms with van der Waals surface area (Å²) in [6.07, 6.45) is 6.68. The molecule has 1 saturated carbocycles. The molecule has 3 amide bonds. The molecule has 0 unspecified atom stereocenters. The maximum Gasteiger partial charge on any atom is 0.413 e. The molecule has 1 aliphatic heterocycles. The van der Waals surface area contributed by atoms with E-state index in [1.54, 1.807) is 24.3 Å². The Morgan fingerprint density at radius 2 is 1.64 bits per heavy atom. The minimum Gasteiger partial charge on any atom is -0.434 e. The van der Waals surface area contributed by atoms with Gasteiger partial charge in [0.05, 0.1) is 12.1 Å². The van der Waals surface area contributed by atoms with Gasteiger partial charge in [0.1, 0.15) is 29.2 Å². The van der Waals surface area contributed by atoms with Crippen LogP contribution in [0.4, 0.5) is 9.18 Å². The van der Waals surface area contributed by atoms with Gasteiger partial charge in [-0.25, -0.2) is 14.2 Å². The fraction of sp³-hybridized carbons (Fsp3) is 0.452. The fourth-order valence-electron chi connectivity index (χ4n) is 7.39. The number of unbranched alkanes of at least 4 members (excludes halogenated alkanes) is 1. The number of ketones is 1. The van der Waals surface area contributed by atoms with Crippen molar-refractivity contribution < 1.29 is 37.5 Å². The summed E-state index contributed by atoms with van der Waals surface area (Å²) < 4.78 is 31.1. The number of Topliss-reactive ketones (excluding diaryl/α,β-unsaturated/α-hetero) is 1. The molecule has 4 aromatic rings. The molecule has 1 aromatic heterocycles. The average molecular weight is 756 g/mol. The van der Waals surface area contributed by atoms with Gasteiger partial charge in [0.25, 0.3) is 5.89 Å². The predicted molar refractivity (Wildman–Crippen MR) is 204 cm³/mol. The summed E-state index contributed by atoms with van der Waals surface area (Å²) in [6, 6.07) is 18.5. The number of likely N-dealkylation sites (tertiary alicyclic amines) is 1. The molecule has 1 saturated heterocycles. The monoisotopic (exact) mass is 755 g/mol. The Bertz CT molecular complexity index is 1850. The van der Waals surface area contributed by atoms with Crippen LogP contribution in [0.2, 0.25) is 0 Å². The predicted octanol–water partition coefficient (Wildman–Crippen LogP) is 6.12. The van der Waals surface area contributed by atoms with Crippen molar-refractivity contribution in [3.8, 4) is 5.75 Å². The van der Waals surface area contributed by atoms with Gasteiger partial charge in [0, 0.05) is 19.6 Å². The van der Waals surface area contributed by atoms with Gasteiger partial charge < -0.3 is 35.2 Å². The number of carbonyl (C=O) groups is 4. The lowest BCUT2D eigenvalue weighted by Gasteiger charge is -2.29. The topological polar surface area (TPSA) is 166 Å². The first-order chi connectivity index (χ1) is 26.8. The lowest BCUT2D eigenvalue weighted by atomic mass is 9.90. The van der Waals surface area contributed by atoms with Gasteiger partial charge in [-0.15, -0.1) is 0 Å². The maximum absolute atomic E-state index is 14.6. The highest BCUT2D eigenvalue weighted by atomic mass is 19.1. The number of aromatic nitrogens is 1. The maximum atomic E-state index is 14.6. The standard InChI is InChI=1S/C42H50FN5O7/c43-30-19-21-31(22-20-30)54-42(52)47-35(23-18-28-11-3-1-4-12-28)41(51)48-26-32(53-27-29-13-5-2-6-14-29)25-36(48)39(50)45-34(16-9-10-24-44)38(49)40-46-33-15-7-8-17-37(33)55-40/h1,3-4,7-8,11-12,15,17,19-22,29,32,34-36H,2,5-6,9-10,13-14,16,18,23-27,44H2,(H,45,50)(H,47,52)/t32-,34+,35-,36+/m1/s1. The molecule has 6 rings (SSSR count). The number of nitrogens with one attached hydrogen (secondary N) is 2. The second kappa shape index (κ2) is 19.4. The van der Waals surface area contributed by atoms with Crippen LogP contribution in [-0.2, 0) is 20.7 Å². The van der Waals surface area contributed by atoms with E-state index in [-0.39, 0.29) is 31.0 Å². The average Bonchev–Trinajstić information content (AvgIpc) is 3.85. The molecular weight excluding hydrogens is 705 g/mol. The lowest BCUT2D eigenvalue weighted by Crippen LogP contribution is -2.55. The summed E-state index contributed by atoms with van der Waals surface area (Å²) in [5, 5.41) is 5.63. The third-order valence-electron chi connectivity index (χ3n) is 10.4. The van der Waals surface area contributed by atoms with Crippen LogP contribution in [-0.4, -0.2) is 77.5 Å². The minimum atomic E-state index is -1.08. The van der Waals surface area contributed by atoms with E-state index in [0.717, 1.165) is 31.2 Å². The van der Waals surface area contributed by atoms with E-state index >= 15 is 0 Å². The number of amides is 3. The van der Waals surface area contributed by atoms with Crippen LogP contribution < -0.4 is 21.1 Å². The Kier molecular flexibility index (Phi) is 14.0. The number of aryl methyl sites for hydroxylation is 1. The van der Waals surface area contributed by atoms with E-state index < -0.39 is 53.7 Å². The first kappa shape index (κ1) is 39.6. The van der Waals surface area contributed by atoms with Crippen molar-refractivity contribution in [3.63, 3.8) is 0 Å². The zero-order valence-electron chi connectivity index (χ0n) is 31.0. The SMILES string of the molecule is NCCCC[C@H](NC(=O)[C@@H]1C[C@@H](OCC2CCCCC2)CN1C(=O)[C@@H](CCc1ccccc1)NC(=O)Oc1ccc(F)cc1)C(=O)c1nc2ccccc2o1. The summed E-state index contributed by atoms with van der Waals surface area (Å²) in [5.74, 6) is -1.57. The van der Waals surface area contributed by atoms with Gasteiger partial charge in [-0.2, -0.15) is 0 Å². The number of benzene rings is 3. The molecule has 3 aromatic carbocycles. The highest BCUT2D eigenvalue weighted by molar-refractivity contribution is 6.01. The van der Waals surface area contributed by atoms with Crippen LogP contribution in [0.15, 0.2) is 83.3 Å². The number of oxazole rings is 1. The highest BCUT2D eigenvalue weighted by Crippen LogP contribution is 2.28. The molecule has 292 valence electrons. The molecule has 13 heteroatoms. The minimum absolute atomic E-state index is 0.104. The summed E-state index contributed by atoms with van der Waals surface area (Å²) in [4.78, 5) is 61.8. The van der Waals surface area contributed by atoms with Gasteiger partial charge in [-0.1, -0.05) is 61.7 Å². The van der Waals surface area contributed by atoms with Crippen molar-refractivity contribution in [1.29, 1.82) is 0 Å². The normalized spacial score (nSPS) is 18.5. The second-order valence-electron chi connectivity index (χ2n) is 14.5. The van der Waals surface area contributed by atoms with Crippen LogP contribution in [0.25, 0.3) is 11.1 Å². The molecule has 2 aliphatic rings. The quantitative estimate of drug-likeness (QED) is 0.0851. The van der Waals surface area contributed by atoms with E-state index in [2.05, 4.69) is 15.6 Å². The lowest BCUT2D eigenvalue weighted by molar-refractivity contribution is -0.140. The smallest absolute Gasteiger partial charge is 0.413 e. The van der Waals surface area contributed by atoms with Gasteiger partial charge in [-0.05, 0) is 99.4 Å². The van der Waals surface area contributed by atoms with Crippen LogP contribution in [0.5, 0.6) is 5.75 Å². The molecule has 0 spiro atoms. The van der Waals surface area contributed by atoms with Crippen LogP contribution in [0, 0.1) is 11.7 Å². The molecule has 0 radical (unpaired) electrons. The van der Waals surface area contributed by atoms with Crippen molar-refractivity contribution >= 4 is 34.8 Å². The molecule has 2 fully saturated rings. The second-order valence-corrected chi connectivity index (χ2v) is 14.5. The molecule has 0 bridgehead atoms. The number of fused-ring (bicyclic) bond motifs is 1. The van der Waals surface area contributed by atoms with Crippen LogP contribution >= 0.6 is 0 Å². The van der Waals surface area contributed by atoms with Crippen molar-refractivity contribution in [2.45, 2.75) is 94.9 Å². The third kappa shape index (κ3) is 11.0. The highest BCUT2D eigenvalue weighted by Gasteiger charge is 2.44. The number of carbonyl (C=O) groups excluding carboxylic acids is 4. The third-order valence-corrected chi connectivity index (χ3v) is 10.4. The molecular formula is C42H50FN5O7. The van der Waals surface area contributed by atoms with E-state index in [0.29, 0.717) is 55.9 Å². The Balaban J connectivity index is 1.23. The first-order valence-electron chi connectivity index (χ1n) is 19.4. The molecule has 1 aliphatic carbocycles. The zero-order valence-corrected chi connectivity index (χ0v) is 31.0.